The second kappa shape index (κ2) is 6.55. The van der Waals surface area contributed by atoms with Gasteiger partial charge >= 0.3 is 0 Å². The van der Waals surface area contributed by atoms with Crippen LogP contribution in [0.15, 0.2) is 18.2 Å². The molecule has 5 heteroatoms. The SMILES string of the molecule is CNCc1cccc(F)c1OC1CCOC2(CCSC2)C1. The summed E-state index contributed by atoms with van der Waals surface area (Å²) >= 11 is 1.94. The molecule has 1 N–H and O–H groups in total. The van der Waals surface area contributed by atoms with E-state index >= 15 is 0 Å². The minimum Gasteiger partial charge on any atom is -0.487 e. The molecule has 0 radical (unpaired) electrons. The van der Waals surface area contributed by atoms with E-state index in [9.17, 15) is 4.39 Å². The first-order valence-electron chi connectivity index (χ1n) is 7.53. The second-order valence-electron chi connectivity index (χ2n) is 5.83. The Balaban J connectivity index is 1.74. The van der Waals surface area contributed by atoms with E-state index in [1.165, 1.54) is 6.07 Å². The molecule has 2 heterocycles. The molecule has 2 aliphatic heterocycles. The van der Waals surface area contributed by atoms with Crippen LogP contribution in [0.5, 0.6) is 5.75 Å². The van der Waals surface area contributed by atoms with Gasteiger partial charge in [0.1, 0.15) is 6.10 Å². The highest BCUT2D eigenvalue weighted by molar-refractivity contribution is 7.99. The number of halogens is 1. The van der Waals surface area contributed by atoms with Crippen LogP contribution in [0.1, 0.15) is 24.8 Å². The maximum atomic E-state index is 14.1. The van der Waals surface area contributed by atoms with Crippen molar-refractivity contribution in [3.8, 4) is 5.75 Å². The fourth-order valence-corrected chi connectivity index (χ4v) is 4.51. The Hall–Kier alpha value is -0.780. The molecular formula is C16H22FNO2S. The fourth-order valence-electron chi connectivity index (χ4n) is 3.13. The minimum absolute atomic E-state index is 0.0397. The van der Waals surface area contributed by atoms with Gasteiger partial charge in [0.05, 0.1) is 12.2 Å². The summed E-state index contributed by atoms with van der Waals surface area (Å²) in [5, 5.41) is 3.06. The van der Waals surface area contributed by atoms with E-state index in [-0.39, 0.29) is 17.5 Å². The zero-order valence-corrected chi connectivity index (χ0v) is 13.2. The van der Waals surface area contributed by atoms with Crippen LogP contribution in [0.25, 0.3) is 0 Å². The lowest BCUT2D eigenvalue weighted by molar-refractivity contribution is -0.0965. The molecule has 0 amide bonds. The third-order valence-electron chi connectivity index (χ3n) is 4.22. The van der Waals surface area contributed by atoms with Crippen LogP contribution < -0.4 is 10.1 Å². The lowest BCUT2D eigenvalue weighted by atomic mass is 9.91. The van der Waals surface area contributed by atoms with Gasteiger partial charge < -0.3 is 14.8 Å². The maximum absolute atomic E-state index is 14.1. The maximum Gasteiger partial charge on any atom is 0.165 e. The van der Waals surface area contributed by atoms with Crippen molar-refractivity contribution in [1.29, 1.82) is 0 Å². The Labute approximate surface area is 129 Å². The van der Waals surface area contributed by atoms with Crippen LogP contribution in [0.2, 0.25) is 0 Å². The zero-order chi connectivity index (χ0) is 14.7. The topological polar surface area (TPSA) is 30.5 Å². The van der Waals surface area contributed by atoms with Crippen molar-refractivity contribution in [2.45, 2.75) is 37.5 Å². The van der Waals surface area contributed by atoms with E-state index in [4.69, 9.17) is 9.47 Å². The summed E-state index contributed by atoms with van der Waals surface area (Å²) in [6.45, 7) is 1.32. The number of benzene rings is 1. The quantitative estimate of drug-likeness (QED) is 0.926. The summed E-state index contributed by atoms with van der Waals surface area (Å²) in [6, 6.07) is 5.11. The Kier molecular flexibility index (Phi) is 4.72. The van der Waals surface area contributed by atoms with Crippen molar-refractivity contribution in [3.05, 3.63) is 29.6 Å². The number of hydrogen-bond acceptors (Lipinski definition) is 4. The highest BCUT2D eigenvalue weighted by Crippen LogP contribution is 2.39. The molecular weight excluding hydrogens is 289 g/mol. The lowest BCUT2D eigenvalue weighted by Gasteiger charge is -2.37. The summed E-state index contributed by atoms with van der Waals surface area (Å²) in [5.74, 6) is 2.31. The first-order valence-corrected chi connectivity index (χ1v) is 8.68. The van der Waals surface area contributed by atoms with E-state index in [0.717, 1.165) is 36.3 Å². The second-order valence-corrected chi connectivity index (χ2v) is 6.93. The average Bonchev–Trinajstić information content (AvgIpc) is 2.91. The van der Waals surface area contributed by atoms with Gasteiger partial charge in [-0.25, -0.2) is 4.39 Å². The Morgan fingerprint density at radius 2 is 2.43 bits per heavy atom. The van der Waals surface area contributed by atoms with Crippen molar-refractivity contribution in [1.82, 2.24) is 5.32 Å². The van der Waals surface area contributed by atoms with Gasteiger partial charge in [-0.2, -0.15) is 11.8 Å². The van der Waals surface area contributed by atoms with Gasteiger partial charge in [0.2, 0.25) is 0 Å². The van der Waals surface area contributed by atoms with Crippen LogP contribution in [-0.4, -0.2) is 36.9 Å². The summed E-state index contributed by atoms with van der Waals surface area (Å²) in [5.41, 5.74) is 0.834. The largest absolute Gasteiger partial charge is 0.487 e. The van der Waals surface area contributed by atoms with Crippen LogP contribution in [-0.2, 0) is 11.3 Å². The molecule has 0 aromatic heterocycles. The number of nitrogens with one attached hydrogen (secondary N) is 1. The number of thioether (sulfide) groups is 1. The Morgan fingerprint density at radius 3 is 3.19 bits per heavy atom. The molecule has 0 aliphatic carbocycles. The average molecular weight is 311 g/mol. The molecule has 1 aromatic rings. The number of ether oxygens (including phenoxy) is 2. The molecule has 2 fully saturated rings. The van der Waals surface area contributed by atoms with Crippen molar-refractivity contribution in [2.75, 3.05) is 25.2 Å². The highest BCUT2D eigenvalue weighted by Gasteiger charge is 2.41. The Morgan fingerprint density at radius 1 is 1.52 bits per heavy atom. The number of para-hydroxylation sites is 1. The van der Waals surface area contributed by atoms with Gasteiger partial charge in [-0.05, 0) is 25.3 Å². The van der Waals surface area contributed by atoms with Gasteiger partial charge in [0, 0.05) is 30.7 Å². The van der Waals surface area contributed by atoms with Crippen molar-refractivity contribution >= 4 is 11.8 Å². The van der Waals surface area contributed by atoms with Crippen molar-refractivity contribution < 1.29 is 13.9 Å². The van der Waals surface area contributed by atoms with Crippen LogP contribution in [0, 0.1) is 5.82 Å². The van der Waals surface area contributed by atoms with E-state index in [1.54, 1.807) is 6.07 Å². The van der Waals surface area contributed by atoms with Crippen LogP contribution >= 0.6 is 11.8 Å². The third kappa shape index (κ3) is 3.35. The van der Waals surface area contributed by atoms with E-state index in [0.29, 0.717) is 18.9 Å². The third-order valence-corrected chi connectivity index (χ3v) is 5.44. The molecule has 3 rings (SSSR count). The Bertz CT molecular complexity index is 491. The highest BCUT2D eigenvalue weighted by atomic mass is 32.2. The summed E-state index contributed by atoms with van der Waals surface area (Å²) in [7, 11) is 1.86. The predicted molar refractivity (Wildman–Crippen MR) is 83.4 cm³/mol. The smallest absolute Gasteiger partial charge is 0.165 e. The number of rotatable bonds is 4. The van der Waals surface area contributed by atoms with Gasteiger partial charge in [0.15, 0.2) is 11.6 Å². The molecule has 0 saturated carbocycles. The lowest BCUT2D eigenvalue weighted by Crippen LogP contribution is -2.44. The molecule has 2 unspecified atom stereocenters. The van der Waals surface area contributed by atoms with Crippen molar-refractivity contribution in [3.63, 3.8) is 0 Å². The fraction of sp³-hybridized carbons (Fsp3) is 0.625. The van der Waals surface area contributed by atoms with E-state index in [2.05, 4.69) is 5.32 Å². The predicted octanol–water partition coefficient (Wildman–Crippen LogP) is 2.98. The molecule has 1 spiro atoms. The molecule has 3 nitrogen and oxygen atoms in total. The van der Waals surface area contributed by atoms with Gasteiger partial charge in [-0.1, -0.05) is 12.1 Å². The summed E-state index contributed by atoms with van der Waals surface area (Å²) in [6.07, 6.45) is 2.83. The first-order chi connectivity index (χ1) is 10.2. The van der Waals surface area contributed by atoms with Gasteiger partial charge in [-0.3, -0.25) is 0 Å². The molecule has 2 saturated heterocycles. The zero-order valence-electron chi connectivity index (χ0n) is 12.4. The molecule has 2 atom stereocenters. The molecule has 1 aromatic carbocycles. The normalized spacial score (nSPS) is 29.0. The monoisotopic (exact) mass is 311 g/mol. The van der Waals surface area contributed by atoms with Crippen LogP contribution in [0.4, 0.5) is 4.39 Å². The van der Waals surface area contributed by atoms with Gasteiger partial charge in [0.25, 0.3) is 0 Å². The summed E-state index contributed by atoms with van der Waals surface area (Å²) in [4.78, 5) is 0. The van der Waals surface area contributed by atoms with Crippen molar-refractivity contribution in [2.24, 2.45) is 0 Å². The van der Waals surface area contributed by atoms with E-state index in [1.807, 2.05) is 24.9 Å². The summed E-state index contributed by atoms with van der Waals surface area (Å²) < 4.78 is 26.2. The van der Waals surface area contributed by atoms with E-state index < -0.39 is 0 Å². The van der Waals surface area contributed by atoms with Crippen LogP contribution in [0.3, 0.4) is 0 Å². The standard InChI is InChI=1S/C16H22FNO2S/c1-18-10-12-3-2-4-14(17)15(12)20-13-5-7-19-16(9-13)6-8-21-11-16/h2-4,13,18H,5-11H2,1H3. The molecule has 2 aliphatic rings. The minimum atomic E-state index is -0.274. The molecule has 116 valence electrons. The molecule has 21 heavy (non-hydrogen) atoms. The molecule has 0 bridgehead atoms. The first kappa shape index (κ1) is 15.1. The van der Waals surface area contributed by atoms with Gasteiger partial charge in [-0.15, -0.1) is 0 Å². The number of hydrogen-bond donors (Lipinski definition) is 1.